The van der Waals surface area contributed by atoms with Gasteiger partial charge in [0, 0.05) is 10.2 Å². The summed E-state index contributed by atoms with van der Waals surface area (Å²) in [6, 6.07) is 12.4. The highest BCUT2D eigenvalue weighted by Crippen LogP contribution is 2.35. The standard InChI is InChI=1S/C18H20BrNO/c1-2-12-10-14(19)7-9-17(12)20-18-5-3-4-13-6-8-15(21)11-16(13)18/h6-11,18,20-21H,2-5H2,1H3. The van der Waals surface area contributed by atoms with Crippen LogP contribution in [0.5, 0.6) is 5.75 Å². The van der Waals surface area contributed by atoms with Gasteiger partial charge in [-0.25, -0.2) is 0 Å². The van der Waals surface area contributed by atoms with E-state index in [1.807, 2.05) is 6.07 Å². The number of nitrogens with one attached hydrogen (secondary N) is 1. The van der Waals surface area contributed by atoms with Crippen molar-refractivity contribution in [2.75, 3.05) is 5.32 Å². The maximum Gasteiger partial charge on any atom is 0.115 e. The number of hydrogen-bond donors (Lipinski definition) is 2. The Hall–Kier alpha value is -1.48. The lowest BCUT2D eigenvalue weighted by atomic mass is 9.87. The Kier molecular flexibility index (Phi) is 4.20. The molecule has 1 aliphatic rings. The molecule has 0 spiro atoms. The van der Waals surface area contributed by atoms with Gasteiger partial charge in [-0.05, 0) is 72.7 Å². The van der Waals surface area contributed by atoms with Gasteiger partial charge in [0.05, 0.1) is 6.04 Å². The van der Waals surface area contributed by atoms with Gasteiger partial charge >= 0.3 is 0 Å². The summed E-state index contributed by atoms with van der Waals surface area (Å²) in [5, 5.41) is 13.5. The quantitative estimate of drug-likeness (QED) is 0.800. The number of aromatic hydroxyl groups is 1. The van der Waals surface area contributed by atoms with Crippen LogP contribution in [0, 0.1) is 0 Å². The number of anilines is 1. The van der Waals surface area contributed by atoms with Crippen LogP contribution in [0.1, 0.15) is 42.5 Å². The second kappa shape index (κ2) is 6.10. The van der Waals surface area contributed by atoms with Crippen LogP contribution in [-0.4, -0.2) is 5.11 Å². The van der Waals surface area contributed by atoms with Gasteiger partial charge in [0.25, 0.3) is 0 Å². The van der Waals surface area contributed by atoms with Crippen LogP contribution >= 0.6 is 15.9 Å². The Morgan fingerprint density at radius 2 is 2.10 bits per heavy atom. The van der Waals surface area contributed by atoms with Crippen LogP contribution < -0.4 is 5.32 Å². The molecule has 2 nitrogen and oxygen atoms in total. The van der Waals surface area contributed by atoms with Gasteiger partial charge in [-0.15, -0.1) is 0 Å². The highest BCUT2D eigenvalue weighted by atomic mass is 79.9. The van der Waals surface area contributed by atoms with E-state index in [0.717, 1.165) is 23.7 Å². The molecule has 1 aliphatic carbocycles. The molecule has 0 bridgehead atoms. The fraction of sp³-hybridized carbons (Fsp3) is 0.333. The summed E-state index contributed by atoms with van der Waals surface area (Å²) in [5.74, 6) is 0.356. The number of fused-ring (bicyclic) bond motifs is 1. The first-order valence-corrected chi connectivity index (χ1v) is 8.33. The molecule has 0 radical (unpaired) electrons. The molecule has 0 aromatic heterocycles. The first-order chi connectivity index (χ1) is 10.2. The molecule has 21 heavy (non-hydrogen) atoms. The van der Waals surface area contributed by atoms with Gasteiger partial charge in [0.1, 0.15) is 5.75 Å². The predicted octanol–water partition coefficient (Wildman–Crippen LogP) is 5.21. The fourth-order valence-electron chi connectivity index (χ4n) is 3.12. The minimum Gasteiger partial charge on any atom is -0.508 e. The smallest absolute Gasteiger partial charge is 0.115 e. The summed E-state index contributed by atoms with van der Waals surface area (Å²) in [4.78, 5) is 0. The summed E-state index contributed by atoms with van der Waals surface area (Å²) in [6.45, 7) is 2.17. The van der Waals surface area contributed by atoms with Crippen molar-refractivity contribution in [1.82, 2.24) is 0 Å². The number of phenolic OH excluding ortho intramolecular Hbond substituents is 1. The Bertz CT molecular complexity index is 654. The molecule has 0 amide bonds. The molecule has 0 saturated heterocycles. The van der Waals surface area contributed by atoms with E-state index in [1.54, 1.807) is 6.07 Å². The third-order valence-electron chi connectivity index (χ3n) is 4.22. The van der Waals surface area contributed by atoms with Crippen LogP contribution in [0.3, 0.4) is 0 Å². The topological polar surface area (TPSA) is 32.3 Å². The molecule has 1 atom stereocenters. The van der Waals surface area contributed by atoms with E-state index < -0.39 is 0 Å². The highest BCUT2D eigenvalue weighted by Gasteiger charge is 2.21. The van der Waals surface area contributed by atoms with Gasteiger partial charge in [0.15, 0.2) is 0 Å². The maximum absolute atomic E-state index is 9.78. The molecule has 2 aromatic carbocycles. The Morgan fingerprint density at radius 3 is 2.90 bits per heavy atom. The fourth-order valence-corrected chi connectivity index (χ4v) is 3.53. The van der Waals surface area contributed by atoms with E-state index in [0.29, 0.717) is 5.75 Å². The number of benzene rings is 2. The van der Waals surface area contributed by atoms with Crippen molar-refractivity contribution in [1.29, 1.82) is 0 Å². The van der Waals surface area contributed by atoms with Gasteiger partial charge in [-0.1, -0.05) is 28.9 Å². The van der Waals surface area contributed by atoms with Crippen molar-refractivity contribution < 1.29 is 5.11 Å². The predicted molar refractivity (Wildman–Crippen MR) is 90.9 cm³/mol. The molecule has 1 unspecified atom stereocenters. The van der Waals surface area contributed by atoms with Gasteiger partial charge in [-0.3, -0.25) is 0 Å². The van der Waals surface area contributed by atoms with Crippen molar-refractivity contribution in [2.24, 2.45) is 0 Å². The maximum atomic E-state index is 9.78. The van der Waals surface area contributed by atoms with Crippen molar-refractivity contribution in [3.63, 3.8) is 0 Å². The largest absolute Gasteiger partial charge is 0.508 e. The van der Waals surface area contributed by atoms with Crippen LogP contribution in [0.25, 0.3) is 0 Å². The number of hydrogen-bond acceptors (Lipinski definition) is 2. The molecule has 0 heterocycles. The SMILES string of the molecule is CCc1cc(Br)ccc1NC1CCCc2ccc(O)cc21. The first-order valence-electron chi connectivity index (χ1n) is 7.54. The number of rotatable bonds is 3. The van der Waals surface area contributed by atoms with E-state index in [-0.39, 0.29) is 6.04 Å². The second-order valence-electron chi connectivity index (χ2n) is 5.63. The van der Waals surface area contributed by atoms with Crippen LogP contribution in [0.4, 0.5) is 5.69 Å². The molecule has 3 heteroatoms. The molecular weight excluding hydrogens is 326 g/mol. The van der Waals surface area contributed by atoms with Gasteiger partial charge in [0.2, 0.25) is 0 Å². The molecule has 2 aromatic rings. The lowest BCUT2D eigenvalue weighted by molar-refractivity contribution is 0.471. The number of halogens is 1. The summed E-state index contributed by atoms with van der Waals surface area (Å²) < 4.78 is 1.12. The molecular formula is C18H20BrNO. The molecule has 0 saturated carbocycles. The summed E-state index contributed by atoms with van der Waals surface area (Å²) in [7, 11) is 0. The average Bonchev–Trinajstić information content (AvgIpc) is 2.49. The third-order valence-corrected chi connectivity index (χ3v) is 4.71. The van der Waals surface area contributed by atoms with Crippen LogP contribution in [0.15, 0.2) is 40.9 Å². The minimum absolute atomic E-state index is 0.285. The van der Waals surface area contributed by atoms with Crippen molar-refractivity contribution in [3.8, 4) is 5.75 Å². The van der Waals surface area contributed by atoms with Gasteiger partial charge < -0.3 is 10.4 Å². The zero-order chi connectivity index (χ0) is 14.8. The molecule has 3 rings (SSSR count). The zero-order valence-corrected chi connectivity index (χ0v) is 13.8. The lowest BCUT2D eigenvalue weighted by Gasteiger charge is -2.28. The summed E-state index contributed by atoms with van der Waals surface area (Å²) in [5.41, 5.74) is 5.11. The van der Waals surface area contributed by atoms with Crippen LogP contribution in [0.2, 0.25) is 0 Å². The number of phenols is 1. The average molecular weight is 346 g/mol. The summed E-state index contributed by atoms with van der Waals surface area (Å²) in [6.07, 6.45) is 4.40. The minimum atomic E-state index is 0.285. The van der Waals surface area contributed by atoms with E-state index >= 15 is 0 Å². The van der Waals surface area contributed by atoms with Crippen molar-refractivity contribution in [3.05, 3.63) is 57.6 Å². The van der Waals surface area contributed by atoms with Crippen molar-refractivity contribution >= 4 is 21.6 Å². The van der Waals surface area contributed by atoms with Crippen LogP contribution in [-0.2, 0) is 12.8 Å². The van der Waals surface area contributed by atoms with Gasteiger partial charge in [-0.2, -0.15) is 0 Å². The van der Waals surface area contributed by atoms with E-state index in [1.165, 1.54) is 28.8 Å². The van der Waals surface area contributed by atoms with E-state index in [2.05, 4.69) is 52.4 Å². The molecule has 110 valence electrons. The number of aryl methyl sites for hydroxylation is 2. The zero-order valence-electron chi connectivity index (χ0n) is 12.2. The second-order valence-corrected chi connectivity index (χ2v) is 6.54. The summed E-state index contributed by atoms with van der Waals surface area (Å²) >= 11 is 3.54. The van der Waals surface area contributed by atoms with E-state index in [4.69, 9.17) is 0 Å². The lowest BCUT2D eigenvalue weighted by Crippen LogP contribution is -2.18. The molecule has 0 aliphatic heterocycles. The monoisotopic (exact) mass is 345 g/mol. The Labute approximate surface area is 134 Å². The first kappa shape index (κ1) is 14.5. The highest BCUT2D eigenvalue weighted by molar-refractivity contribution is 9.10. The van der Waals surface area contributed by atoms with E-state index in [9.17, 15) is 5.11 Å². The third kappa shape index (κ3) is 3.08. The Balaban J connectivity index is 1.92. The molecule has 0 fully saturated rings. The normalized spacial score (nSPS) is 17.3. The van der Waals surface area contributed by atoms with Crippen molar-refractivity contribution in [2.45, 2.75) is 38.6 Å². The Morgan fingerprint density at radius 1 is 1.24 bits per heavy atom. The molecule has 2 N–H and O–H groups in total.